The third-order valence-electron chi connectivity index (χ3n) is 1.59. The van der Waals surface area contributed by atoms with Crippen LogP contribution in [0.15, 0.2) is 31.1 Å². The smallest absolute Gasteiger partial charge is 0.333 e. The van der Waals surface area contributed by atoms with Gasteiger partial charge in [-0.3, -0.25) is 9.78 Å². The Labute approximate surface area is 97.9 Å². The first-order valence-corrected chi connectivity index (χ1v) is 4.62. The van der Waals surface area contributed by atoms with Crippen molar-refractivity contribution < 1.29 is 24.9 Å². The van der Waals surface area contributed by atoms with Gasteiger partial charge in [-0.25, -0.2) is 4.79 Å². The molecule has 1 heterocycles. The Morgan fingerprint density at radius 3 is 2.12 bits per heavy atom. The molecule has 92 valence electrons. The number of aliphatic hydroxyl groups excluding tert-OH is 1. The standard InChI is InChI=1S/C7H7N.C4H6O5/c1-2-7-3-5-8-6-4-7;5-2(4(8)9)1-3(6)7/h2-6H,1H2;2,5H,1H2,(H,6,7)(H,8,9). The van der Waals surface area contributed by atoms with Gasteiger partial charge in [0, 0.05) is 12.4 Å². The molecule has 0 aliphatic rings. The van der Waals surface area contributed by atoms with Gasteiger partial charge in [-0.2, -0.15) is 0 Å². The Balaban J connectivity index is 0.000000302. The maximum absolute atomic E-state index is 9.72. The minimum absolute atomic E-state index is 0.755. The third-order valence-corrected chi connectivity index (χ3v) is 1.59. The Bertz CT molecular complexity index is 377. The van der Waals surface area contributed by atoms with Crippen molar-refractivity contribution in [3.05, 3.63) is 36.7 Å². The van der Waals surface area contributed by atoms with E-state index in [1.807, 2.05) is 12.1 Å². The van der Waals surface area contributed by atoms with Crippen LogP contribution in [0.1, 0.15) is 12.0 Å². The second kappa shape index (κ2) is 8.00. The molecule has 1 aromatic rings. The molecule has 1 rings (SSSR count). The number of pyridine rings is 1. The van der Waals surface area contributed by atoms with E-state index in [1.54, 1.807) is 18.5 Å². The molecule has 0 spiro atoms. The normalized spacial score (nSPS) is 10.6. The number of aromatic nitrogens is 1. The van der Waals surface area contributed by atoms with Crippen molar-refractivity contribution in [2.45, 2.75) is 12.5 Å². The van der Waals surface area contributed by atoms with Crippen molar-refractivity contribution in [3.63, 3.8) is 0 Å². The van der Waals surface area contributed by atoms with Crippen LogP contribution in [0, 0.1) is 0 Å². The molecule has 0 aliphatic heterocycles. The summed E-state index contributed by atoms with van der Waals surface area (Å²) in [7, 11) is 0. The molecule has 0 saturated carbocycles. The second-order valence-electron chi connectivity index (χ2n) is 2.94. The fourth-order valence-electron chi connectivity index (χ4n) is 0.752. The lowest BCUT2D eigenvalue weighted by molar-refractivity contribution is -0.152. The number of carboxylic acid groups (broad SMARTS) is 2. The van der Waals surface area contributed by atoms with E-state index in [1.165, 1.54) is 0 Å². The first-order valence-electron chi connectivity index (χ1n) is 4.62. The topological polar surface area (TPSA) is 108 Å². The average Bonchev–Trinajstić information content (AvgIpc) is 2.30. The second-order valence-corrected chi connectivity index (χ2v) is 2.94. The third kappa shape index (κ3) is 7.69. The number of carbonyl (C=O) groups is 2. The molecule has 17 heavy (non-hydrogen) atoms. The predicted molar refractivity (Wildman–Crippen MR) is 60.2 cm³/mol. The van der Waals surface area contributed by atoms with E-state index >= 15 is 0 Å². The molecule has 0 fully saturated rings. The van der Waals surface area contributed by atoms with Gasteiger partial charge in [-0.15, -0.1) is 0 Å². The van der Waals surface area contributed by atoms with E-state index in [0.29, 0.717) is 0 Å². The van der Waals surface area contributed by atoms with Gasteiger partial charge in [-0.05, 0) is 17.7 Å². The van der Waals surface area contributed by atoms with E-state index in [9.17, 15) is 9.59 Å². The molecule has 0 amide bonds. The summed E-state index contributed by atoms with van der Waals surface area (Å²) in [6.45, 7) is 3.60. The minimum Gasteiger partial charge on any atom is -0.481 e. The lowest BCUT2D eigenvalue weighted by atomic mass is 10.3. The van der Waals surface area contributed by atoms with E-state index in [2.05, 4.69) is 11.6 Å². The van der Waals surface area contributed by atoms with Gasteiger partial charge < -0.3 is 15.3 Å². The zero-order chi connectivity index (χ0) is 13.3. The van der Waals surface area contributed by atoms with Crippen LogP contribution in [0.3, 0.4) is 0 Å². The van der Waals surface area contributed by atoms with E-state index < -0.39 is 24.5 Å². The molecule has 3 N–H and O–H groups in total. The predicted octanol–water partition coefficient (Wildman–Crippen LogP) is 0.631. The van der Waals surface area contributed by atoms with Crippen LogP contribution in [0.2, 0.25) is 0 Å². The van der Waals surface area contributed by atoms with Crippen LogP contribution in [0.5, 0.6) is 0 Å². The van der Waals surface area contributed by atoms with Crippen molar-refractivity contribution in [2.75, 3.05) is 0 Å². The van der Waals surface area contributed by atoms with Gasteiger partial charge in [0.05, 0.1) is 6.42 Å². The molecule has 0 radical (unpaired) electrons. The monoisotopic (exact) mass is 239 g/mol. The van der Waals surface area contributed by atoms with E-state index in [0.717, 1.165) is 5.56 Å². The summed E-state index contributed by atoms with van der Waals surface area (Å²) >= 11 is 0. The van der Waals surface area contributed by atoms with Crippen molar-refractivity contribution in [1.29, 1.82) is 0 Å². The van der Waals surface area contributed by atoms with Crippen LogP contribution in [0.4, 0.5) is 0 Å². The highest BCUT2D eigenvalue weighted by molar-refractivity contribution is 5.79. The Morgan fingerprint density at radius 1 is 1.35 bits per heavy atom. The number of carboxylic acids is 2. The maximum atomic E-state index is 9.72. The van der Waals surface area contributed by atoms with Crippen LogP contribution < -0.4 is 0 Å². The average molecular weight is 239 g/mol. The Morgan fingerprint density at radius 2 is 1.88 bits per heavy atom. The van der Waals surface area contributed by atoms with Gasteiger partial charge in [-0.1, -0.05) is 12.7 Å². The van der Waals surface area contributed by atoms with Gasteiger partial charge in [0.2, 0.25) is 0 Å². The molecule has 0 saturated heterocycles. The largest absolute Gasteiger partial charge is 0.481 e. The summed E-state index contributed by atoms with van der Waals surface area (Å²) in [6, 6.07) is 3.82. The van der Waals surface area contributed by atoms with Crippen LogP contribution in [0.25, 0.3) is 6.08 Å². The SMILES string of the molecule is C=Cc1ccncc1.O=C(O)CC(O)C(=O)O. The number of hydrogen-bond acceptors (Lipinski definition) is 4. The van der Waals surface area contributed by atoms with E-state index in [-0.39, 0.29) is 0 Å². The Hall–Kier alpha value is -2.21. The molecule has 6 nitrogen and oxygen atoms in total. The van der Waals surface area contributed by atoms with Crippen molar-refractivity contribution >= 4 is 18.0 Å². The summed E-state index contributed by atoms with van der Waals surface area (Å²) in [5, 5.41) is 24.1. The number of aliphatic hydroxyl groups is 1. The molecule has 0 aromatic carbocycles. The molecular formula is C11H13NO5. The summed E-state index contributed by atoms with van der Waals surface area (Å²) in [4.78, 5) is 23.3. The molecule has 1 atom stereocenters. The first-order chi connectivity index (χ1) is 7.97. The Kier molecular flexibility index (Phi) is 6.96. The maximum Gasteiger partial charge on any atom is 0.333 e. The molecule has 0 bridgehead atoms. The zero-order valence-corrected chi connectivity index (χ0v) is 8.98. The molecule has 1 aromatic heterocycles. The van der Waals surface area contributed by atoms with Crippen molar-refractivity contribution in [1.82, 2.24) is 4.98 Å². The van der Waals surface area contributed by atoms with E-state index in [4.69, 9.17) is 15.3 Å². The van der Waals surface area contributed by atoms with Gasteiger partial charge in [0.25, 0.3) is 0 Å². The fourth-order valence-corrected chi connectivity index (χ4v) is 0.752. The van der Waals surface area contributed by atoms with Crippen LogP contribution in [-0.2, 0) is 9.59 Å². The lowest BCUT2D eigenvalue weighted by Crippen LogP contribution is -2.22. The van der Waals surface area contributed by atoms with Crippen LogP contribution in [-0.4, -0.2) is 38.3 Å². The molecule has 0 aliphatic carbocycles. The van der Waals surface area contributed by atoms with Gasteiger partial charge in [0.1, 0.15) is 0 Å². The quantitative estimate of drug-likeness (QED) is 0.711. The first kappa shape index (κ1) is 14.8. The van der Waals surface area contributed by atoms with Crippen molar-refractivity contribution in [2.24, 2.45) is 0 Å². The molecule has 6 heteroatoms. The molecular weight excluding hydrogens is 226 g/mol. The zero-order valence-electron chi connectivity index (χ0n) is 8.98. The number of hydrogen-bond donors (Lipinski definition) is 3. The summed E-state index contributed by atoms with van der Waals surface area (Å²) < 4.78 is 0. The number of rotatable bonds is 4. The minimum atomic E-state index is -1.79. The summed E-state index contributed by atoms with van der Waals surface area (Å²) in [5.74, 6) is -2.85. The highest BCUT2D eigenvalue weighted by Gasteiger charge is 2.16. The summed E-state index contributed by atoms with van der Waals surface area (Å²) in [5.41, 5.74) is 1.11. The fraction of sp³-hybridized carbons (Fsp3) is 0.182. The highest BCUT2D eigenvalue weighted by atomic mass is 16.4. The highest BCUT2D eigenvalue weighted by Crippen LogP contribution is 1.95. The van der Waals surface area contributed by atoms with Crippen LogP contribution >= 0.6 is 0 Å². The van der Waals surface area contributed by atoms with Gasteiger partial charge >= 0.3 is 11.9 Å². The number of aliphatic carboxylic acids is 2. The van der Waals surface area contributed by atoms with Crippen molar-refractivity contribution in [3.8, 4) is 0 Å². The summed E-state index contributed by atoms with van der Waals surface area (Å²) in [6.07, 6.45) is 2.74. The lowest BCUT2D eigenvalue weighted by Gasteiger charge is -1.97. The van der Waals surface area contributed by atoms with Gasteiger partial charge in [0.15, 0.2) is 6.10 Å². The number of nitrogens with zero attached hydrogens (tertiary/aromatic N) is 1. The molecule has 1 unspecified atom stereocenters.